The van der Waals surface area contributed by atoms with Gasteiger partial charge in [0.25, 0.3) is 0 Å². The van der Waals surface area contributed by atoms with Gasteiger partial charge >= 0.3 is 7.60 Å². The molecule has 0 heterocycles. The molecule has 190 valence electrons. The Morgan fingerprint density at radius 3 is 1.47 bits per heavy atom. The summed E-state index contributed by atoms with van der Waals surface area (Å²) in [5.74, 6) is 0. The zero-order valence-electron chi connectivity index (χ0n) is 21.5. The molecule has 0 aromatic heterocycles. The molecular formula is C26H53NO4P+. The number of hydrogen-bond donors (Lipinski definition) is 3. The van der Waals surface area contributed by atoms with E-state index in [0.29, 0.717) is 10.9 Å². The lowest BCUT2D eigenvalue weighted by molar-refractivity contribution is -0.875. The van der Waals surface area contributed by atoms with E-state index in [4.69, 9.17) is 0 Å². The van der Waals surface area contributed by atoms with Crippen LogP contribution in [0.2, 0.25) is 0 Å². The van der Waals surface area contributed by atoms with E-state index in [0.717, 1.165) is 25.7 Å². The van der Waals surface area contributed by atoms with Gasteiger partial charge in [0, 0.05) is 0 Å². The molecule has 0 amide bonds. The number of nitrogens with zero attached hydrogens (tertiary/aromatic N) is 1. The second kappa shape index (κ2) is 18.0. The van der Waals surface area contributed by atoms with E-state index in [9.17, 15) is 19.5 Å². The van der Waals surface area contributed by atoms with Crippen LogP contribution < -0.4 is 0 Å². The monoisotopic (exact) mass is 474 g/mol. The van der Waals surface area contributed by atoms with Crippen molar-refractivity contribution in [1.82, 2.24) is 0 Å². The Morgan fingerprint density at radius 2 is 1.06 bits per heavy atom. The maximum atomic E-state index is 11.8. The Morgan fingerprint density at radius 1 is 0.688 bits per heavy atom. The highest BCUT2D eigenvalue weighted by atomic mass is 31.2. The van der Waals surface area contributed by atoms with Crippen molar-refractivity contribution >= 4 is 7.60 Å². The molecule has 0 rings (SSSR count). The van der Waals surface area contributed by atoms with Gasteiger partial charge in [0.05, 0.1) is 21.1 Å². The maximum Gasteiger partial charge on any atom is 0.362 e. The number of quaternary nitrogens is 1. The standard InChI is InChI=1S/C26H52NO4P/c1-5-6-7-8-9-10-11-12-13-14-15-16-17-18-19-20-21-22-23-24-26(28,32(29,30)31)25-27(2,3)4/h12-13,18-19,28H,5-11,14-17,20-25H2,1-4H3,(H-,29,30,31)/p+1/b13-12-,19-18-. The lowest BCUT2D eigenvalue weighted by Gasteiger charge is -2.35. The van der Waals surface area contributed by atoms with Gasteiger partial charge in [0.15, 0.2) is 0 Å². The Bertz CT molecular complexity index is 551. The molecule has 1 unspecified atom stereocenters. The van der Waals surface area contributed by atoms with Crippen LogP contribution in [0.1, 0.15) is 110 Å². The Hall–Kier alpha value is -0.450. The zero-order valence-corrected chi connectivity index (χ0v) is 22.4. The normalized spacial score (nSPS) is 15.1. The van der Waals surface area contributed by atoms with Crippen molar-refractivity contribution in [1.29, 1.82) is 0 Å². The van der Waals surface area contributed by atoms with Crippen molar-refractivity contribution in [3.05, 3.63) is 24.3 Å². The smallest absolute Gasteiger partial charge is 0.362 e. The number of rotatable bonds is 21. The van der Waals surface area contributed by atoms with E-state index < -0.39 is 12.9 Å². The van der Waals surface area contributed by atoms with Gasteiger partial charge in [-0.3, -0.25) is 4.57 Å². The molecule has 0 aromatic carbocycles. The quantitative estimate of drug-likeness (QED) is 0.0729. The van der Waals surface area contributed by atoms with E-state index in [2.05, 4.69) is 31.2 Å². The first-order valence-electron chi connectivity index (χ1n) is 12.9. The molecule has 0 bridgehead atoms. The second-order valence-electron chi connectivity index (χ2n) is 10.4. The van der Waals surface area contributed by atoms with Gasteiger partial charge < -0.3 is 19.4 Å². The molecule has 1 atom stereocenters. The van der Waals surface area contributed by atoms with Gasteiger partial charge in [-0.25, -0.2) is 0 Å². The summed E-state index contributed by atoms with van der Waals surface area (Å²) in [5.41, 5.74) is 0. The van der Waals surface area contributed by atoms with Crippen molar-refractivity contribution in [3.8, 4) is 0 Å². The fourth-order valence-electron chi connectivity index (χ4n) is 3.96. The maximum absolute atomic E-state index is 11.8. The summed E-state index contributed by atoms with van der Waals surface area (Å²) in [6, 6.07) is 0. The third-order valence-electron chi connectivity index (χ3n) is 5.77. The number of allylic oxidation sites excluding steroid dienone is 4. The Balaban J connectivity index is 3.70. The Labute approximate surface area is 198 Å². The van der Waals surface area contributed by atoms with Gasteiger partial charge in [-0.15, -0.1) is 0 Å². The van der Waals surface area contributed by atoms with Gasteiger partial charge in [-0.2, -0.15) is 0 Å². The zero-order chi connectivity index (χ0) is 24.3. The van der Waals surface area contributed by atoms with Crippen LogP contribution in [0.15, 0.2) is 24.3 Å². The third kappa shape index (κ3) is 18.0. The molecule has 0 fully saturated rings. The first kappa shape index (κ1) is 31.6. The molecule has 32 heavy (non-hydrogen) atoms. The van der Waals surface area contributed by atoms with Crippen LogP contribution in [-0.2, 0) is 4.57 Å². The summed E-state index contributed by atoms with van der Waals surface area (Å²) in [4.78, 5) is 19.2. The SMILES string of the molecule is CCCCCCCC/C=C\CCCC/C=C\CCCCCC(O)(C[N+](C)(C)C)P(=O)(O)O. The molecule has 0 saturated carbocycles. The minimum absolute atomic E-state index is 0.0470. The fraction of sp³-hybridized carbons (Fsp3) is 0.846. The average molecular weight is 475 g/mol. The van der Waals surface area contributed by atoms with Crippen LogP contribution >= 0.6 is 7.60 Å². The second-order valence-corrected chi connectivity index (χ2v) is 12.3. The summed E-state index contributed by atoms with van der Waals surface area (Å²) < 4.78 is 12.1. The van der Waals surface area contributed by atoms with Crippen LogP contribution in [0.25, 0.3) is 0 Å². The van der Waals surface area contributed by atoms with Gasteiger partial charge in [-0.1, -0.05) is 69.8 Å². The van der Waals surface area contributed by atoms with E-state index in [1.165, 1.54) is 64.2 Å². The van der Waals surface area contributed by atoms with Crippen LogP contribution in [-0.4, -0.2) is 52.4 Å². The molecule has 0 aromatic rings. The molecule has 0 aliphatic heterocycles. The summed E-state index contributed by atoms with van der Waals surface area (Å²) >= 11 is 0. The molecule has 0 spiro atoms. The molecule has 0 saturated heterocycles. The van der Waals surface area contributed by atoms with Crippen LogP contribution in [0.3, 0.4) is 0 Å². The van der Waals surface area contributed by atoms with Gasteiger partial charge in [0.2, 0.25) is 5.34 Å². The van der Waals surface area contributed by atoms with Crippen molar-refractivity contribution < 1.29 is 23.9 Å². The van der Waals surface area contributed by atoms with Crippen molar-refractivity contribution in [2.75, 3.05) is 27.7 Å². The largest absolute Gasteiger partial charge is 0.373 e. The van der Waals surface area contributed by atoms with E-state index in [1.54, 1.807) is 0 Å². The number of hydrogen-bond acceptors (Lipinski definition) is 2. The molecule has 0 radical (unpaired) electrons. The number of aliphatic hydroxyl groups is 1. The third-order valence-corrected chi connectivity index (χ3v) is 7.22. The van der Waals surface area contributed by atoms with E-state index >= 15 is 0 Å². The van der Waals surface area contributed by atoms with Gasteiger partial charge in [-0.05, 0) is 64.2 Å². The van der Waals surface area contributed by atoms with E-state index in [1.807, 2.05) is 21.1 Å². The summed E-state index contributed by atoms with van der Waals surface area (Å²) in [6.45, 7) is 2.31. The minimum Gasteiger partial charge on any atom is -0.373 e. The number of unbranched alkanes of at least 4 members (excludes halogenated alkanes) is 12. The lowest BCUT2D eigenvalue weighted by atomic mass is 10.1. The molecular weight excluding hydrogens is 421 g/mol. The van der Waals surface area contributed by atoms with Crippen LogP contribution in [0.5, 0.6) is 0 Å². The predicted molar refractivity (Wildman–Crippen MR) is 138 cm³/mol. The van der Waals surface area contributed by atoms with Crippen molar-refractivity contribution in [2.45, 2.75) is 115 Å². The predicted octanol–water partition coefficient (Wildman–Crippen LogP) is 6.93. The number of likely N-dealkylation sites (N-methyl/N-ethyl adjacent to an activating group) is 1. The van der Waals surface area contributed by atoms with E-state index in [-0.39, 0.29) is 13.0 Å². The topological polar surface area (TPSA) is 77.8 Å². The fourth-order valence-corrected chi connectivity index (χ4v) is 5.02. The molecule has 0 aliphatic carbocycles. The molecule has 3 N–H and O–H groups in total. The average Bonchev–Trinajstić information content (AvgIpc) is 2.67. The van der Waals surface area contributed by atoms with Crippen molar-refractivity contribution in [3.63, 3.8) is 0 Å². The molecule has 5 nitrogen and oxygen atoms in total. The molecule has 0 aliphatic rings. The summed E-state index contributed by atoms with van der Waals surface area (Å²) in [7, 11) is 0.938. The highest BCUT2D eigenvalue weighted by Crippen LogP contribution is 2.52. The molecule has 6 heteroatoms. The Kier molecular flexibility index (Phi) is 17.7. The summed E-state index contributed by atoms with van der Waals surface area (Å²) in [5, 5.41) is 8.60. The highest BCUT2D eigenvalue weighted by molar-refractivity contribution is 7.53. The highest BCUT2D eigenvalue weighted by Gasteiger charge is 2.48. The van der Waals surface area contributed by atoms with Crippen molar-refractivity contribution in [2.24, 2.45) is 0 Å². The van der Waals surface area contributed by atoms with Crippen LogP contribution in [0, 0.1) is 0 Å². The first-order chi connectivity index (χ1) is 15.0. The lowest BCUT2D eigenvalue weighted by Crippen LogP contribution is -2.49. The van der Waals surface area contributed by atoms with Gasteiger partial charge in [0.1, 0.15) is 6.54 Å². The van der Waals surface area contributed by atoms with Crippen LogP contribution in [0.4, 0.5) is 0 Å². The summed E-state index contributed by atoms with van der Waals surface area (Å²) in [6.07, 6.45) is 26.9. The minimum atomic E-state index is -4.56. The first-order valence-corrected chi connectivity index (χ1v) is 14.5.